The normalized spacial score (nSPS) is 23.9. The van der Waals surface area contributed by atoms with Gasteiger partial charge in [-0.3, -0.25) is 4.79 Å². The molecule has 2 aromatic carbocycles. The van der Waals surface area contributed by atoms with Crippen molar-refractivity contribution >= 4 is 15.7 Å². The zero-order valence-corrected chi connectivity index (χ0v) is 17.2. The number of hydrogen-bond donors (Lipinski definition) is 3. The molecular weight excluding hydrogens is 413 g/mol. The van der Waals surface area contributed by atoms with Crippen molar-refractivity contribution in [2.75, 3.05) is 19.4 Å². The molecule has 0 saturated heterocycles. The Labute approximate surface area is 174 Å². The number of nitrogens with one attached hydrogen (secondary N) is 1. The topological polar surface area (TPSA) is 113 Å². The van der Waals surface area contributed by atoms with Gasteiger partial charge in [0.1, 0.15) is 11.6 Å². The van der Waals surface area contributed by atoms with Crippen molar-refractivity contribution in [3.63, 3.8) is 0 Å². The van der Waals surface area contributed by atoms with Crippen LogP contribution in [0, 0.1) is 11.2 Å². The summed E-state index contributed by atoms with van der Waals surface area (Å²) in [6.45, 7) is 0.195. The number of aliphatic hydroxyl groups is 2. The Morgan fingerprint density at radius 1 is 1.17 bits per heavy atom. The van der Waals surface area contributed by atoms with Crippen molar-refractivity contribution in [1.29, 1.82) is 0 Å². The maximum atomic E-state index is 13.4. The third-order valence-corrected chi connectivity index (χ3v) is 6.36. The van der Waals surface area contributed by atoms with E-state index in [0.717, 1.165) is 12.3 Å². The summed E-state index contributed by atoms with van der Waals surface area (Å²) in [5.41, 5.74) is -0.571. The largest absolute Gasteiger partial charge is 0.493 e. The molecule has 1 fully saturated rings. The van der Waals surface area contributed by atoms with Crippen molar-refractivity contribution in [2.24, 2.45) is 5.41 Å². The van der Waals surface area contributed by atoms with Gasteiger partial charge in [-0.25, -0.2) is 12.8 Å². The van der Waals surface area contributed by atoms with Crippen molar-refractivity contribution in [3.05, 3.63) is 59.9 Å². The molecule has 0 spiro atoms. The predicted octanol–water partition coefficient (Wildman–Crippen LogP) is 1.54. The van der Waals surface area contributed by atoms with Crippen LogP contribution in [0.2, 0.25) is 0 Å². The second-order valence-electron chi connectivity index (χ2n) is 7.77. The maximum absolute atomic E-state index is 13.4. The number of amides is 1. The number of carbonyl (C=O) groups excluding carboxylic acids is 1. The van der Waals surface area contributed by atoms with Gasteiger partial charge in [-0.15, -0.1) is 0 Å². The van der Waals surface area contributed by atoms with E-state index in [-0.39, 0.29) is 36.5 Å². The lowest BCUT2D eigenvalue weighted by molar-refractivity contribution is 0.0438. The first-order chi connectivity index (χ1) is 14.1. The SMILES string of the molecule is CS(=O)(=O)c1ccc(OCC2(CNC(=O)c3cccc(F)c3)C[C@@H](O)[C@@H](O)C2)cc1. The molecule has 7 nitrogen and oxygen atoms in total. The number of aliphatic hydroxyl groups excluding tert-OH is 2. The molecule has 2 aromatic rings. The highest BCUT2D eigenvalue weighted by molar-refractivity contribution is 7.90. The average molecular weight is 437 g/mol. The second kappa shape index (κ2) is 8.71. The van der Waals surface area contributed by atoms with Crippen LogP contribution >= 0.6 is 0 Å². The molecule has 9 heteroatoms. The maximum Gasteiger partial charge on any atom is 0.251 e. The molecule has 3 N–H and O–H groups in total. The van der Waals surface area contributed by atoms with Crippen LogP contribution in [-0.2, 0) is 9.84 Å². The fourth-order valence-corrected chi connectivity index (χ4v) is 4.21. The average Bonchev–Trinajstić information content (AvgIpc) is 2.98. The van der Waals surface area contributed by atoms with Gasteiger partial charge in [0.2, 0.25) is 0 Å². The molecule has 1 amide bonds. The third kappa shape index (κ3) is 5.35. The number of halogens is 1. The van der Waals surface area contributed by atoms with E-state index in [1.807, 2.05) is 0 Å². The number of carbonyl (C=O) groups is 1. The molecule has 1 aliphatic rings. The molecule has 0 bridgehead atoms. The molecule has 1 aliphatic carbocycles. The van der Waals surface area contributed by atoms with Gasteiger partial charge in [0.05, 0.1) is 23.7 Å². The van der Waals surface area contributed by atoms with Crippen molar-refractivity contribution in [3.8, 4) is 5.75 Å². The molecule has 3 rings (SSSR count). The smallest absolute Gasteiger partial charge is 0.251 e. The lowest BCUT2D eigenvalue weighted by Gasteiger charge is -2.29. The predicted molar refractivity (Wildman–Crippen MR) is 107 cm³/mol. The van der Waals surface area contributed by atoms with E-state index in [9.17, 15) is 27.8 Å². The summed E-state index contributed by atoms with van der Waals surface area (Å²) in [7, 11) is -3.32. The van der Waals surface area contributed by atoms with Crippen LogP contribution in [0.25, 0.3) is 0 Å². The van der Waals surface area contributed by atoms with Crippen LogP contribution < -0.4 is 10.1 Å². The summed E-state index contributed by atoms with van der Waals surface area (Å²) in [5.74, 6) is -0.568. The molecule has 0 heterocycles. The molecule has 162 valence electrons. The summed E-state index contributed by atoms with van der Waals surface area (Å²) in [6, 6.07) is 11.2. The number of rotatable bonds is 7. The molecule has 0 radical (unpaired) electrons. The van der Waals surface area contributed by atoms with Crippen LogP contribution in [-0.4, -0.2) is 56.2 Å². The Morgan fingerprint density at radius 3 is 2.37 bits per heavy atom. The minimum atomic E-state index is -3.32. The highest BCUT2D eigenvalue weighted by Gasteiger charge is 2.45. The zero-order valence-electron chi connectivity index (χ0n) is 16.4. The molecule has 1 unspecified atom stereocenters. The highest BCUT2D eigenvalue weighted by atomic mass is 32.2. The molecule has 3 atom stereocenters. The number of ether oxygens (including phenoxy) is 1. The number of benzene rings is 2. The van der Waals surface area contributed by atoms with Crippen LogP contribution in [0.15, 0.2) is 53.4 Å². The monoisotopic (exact) mass is 437 g/mol. The van der Waals surface area contributed by atoms with Crippen LogP contribution in [0.5, 0.6) is 5.75 Å². The quantitative estimate of drug-likeness (QED) is 0.606. The van der Waals surface area contributed by atoms with E-state index in [2.05, 4.69) is 5.32 Å². The minimum Gasteiger partial charge on any atom is -0.493 e. The molecular formula is C21H24FNO6S. The molecule has 30 heavy (non-hydrogen) atoms. The van der Waals surface area contributed by atoms with Crippen LogP contribution in [0.1, 0.15) is 23.2 Å². The van der Waals surface area contributed by atoms with E-state index in [1.54, 1.807) is 0 Å². The van der Waals surface area contributed by atoms with Gasteiger partial charge >= 0.3 is 0 Å². The van der Waals surface area contributed by atoms with E-state index in [4.69, 9.17) is 4.74 Å². The van der Waals surface area contributed by atoms with E-state index in [1.165, 1.54) is 42.5 Å². The van der Waals surface area contributed by atoms with Gasteiger partial charge in [0.25, 0.3) is 5.91 Å². The van der Waals surface area contributed by atoms with Crippen molar-refractivity contribution < 1.29 is 32.6 Å². The van der Waals surface area contributed by atoms with Crippen molar-refractivity contribution in [2.45, 2.75) is 29.9 Å². The Bertz CT molecular complexity index is 998. The summed E-state index contributed by atoms with van der Waals surface area (Å²) in [6.07, 6.45) is -0.377. The first kappa shape index (κ1) is 22.2. The highest BCUT2D eigenvalue weighted by Crippen LogP contribution is 2.39. The summed E-state index contributed by atoms with van der Waals surface area (Å²) in [5, 5.41) is 22.8. The van der Waals surface area contributed by atoms with E-state index < -0.39 is 39.2 Å². The lowest BCUT2D eigenvalue weighted by Crippen LogP contribution is -2.40. The first-order valence-electron chi connectivity index (χ1n) is 9.41. The first-order valence-corrected chi connectivity index (χ1v) is 11.3. The number of sulfone groups is 1. The zero-order chi connectivity index (χ0) is 21.9. The van der Waals surface area contributed by atoms with Crippen LogP contribution in [0.3, 0.4) is 0 Å². The Hall–Kier alpha value is -2.49. The summed E-state index contributed by atoms with van der Waals surface area (Å²) < 4.78 is 42.3. The molecule has 0 aromatic heterocycles. The number of hydrogen-bond acceptors (Lipinski definition) is 6. The Morgan fingerprint density at radius 2 is 1.80 bits per heavy atom. The summed E-state index contributed by atoms with van der Waals surface area (Å²) >= 11 is 0. The van der Waals surface area contributed by atoms with E-state index in [0.29, 0.717) is 5.75 Å². The van der Waals surface area contributed by atoms with Gasteiger partial charge in [-0.1, -0.05) is 6.07 Å². The fraction of sp³-hybridized carbons (Fsp3) is 0.381. The van der Waals surface area contributed by atoms with Gasteiger partial charge in [0.15, 0.2) is 9.84 Å². The summed E-state index contributed by atoms with van der Waals surface area (Å²) in [4.78, 5) is 12.5. The molecule has 1 saturated carbocycles. The van der Waals surface area contributed by atoms with Gasteiger partial charge in [-0.05, 0) is 55.3 Å². The lowest BCUT2D eigenvalue weighted by atomic mass is 9.86. The van der Waals surface area contributed by atoms with Crippen LogP contribution in [0.4, 0.5) is 4.39 Å². The van der Waals surface area contributed by atoms with E-state index >= 15 is 0 Å². The third-order valence-electron chi connectivity index (χ3n) is 5.24. The Balaban J connectivity index is 1.69. The minimum absolute atomic E-state index is 0.0861. The molecule has 0 aliphatic heterocycles. The standard InChI is InChI=1S/C21H24FNO6S/c1-30(27,28)17-7-5-16(6-8-17)29-13-21(10-18(24)19(25)11-21)12-23-20(26)14-3-2-4-15(22)9-14/h2-9,18-19,24-25H,10-13H2,1H3,(H,23,26)/t18-,19+,21?. The van der Waals surface area contributed by atoms with Gasteiger partial charge in [-0.2, -0.15) is 0 Å². The van der Waals surface area contributed by atoms with Crippen molar-refractivity contribution in [1.82, 2.24) is 5.32 Å². The van der Waals surface area contributed by atoms with Gasteiger partial charge < -0.3 is 20.3 Å². The Kier molecular flexibility index (Phi) is 6.44. The van der Waals surface area contributed by atoms with Gasteiger partial charge in [0, 0.05) is 23.8 Å². The fourth-order valence-electron chi connectivity index (χ4n) is 3.57. The second-order valence-corrected chi connectivity index (χ2v) is 9.78.